The summed E-state index contributed by atoms with van der Waals surface area (Å²) in [5, 5.41) is 39.5. The second kappa shape index (κ2) is 13.3. The Kier molecular flexibility index (Phi) is 11.9. The third-order valence-electron chi connectivity index (χ3n) is 5.84. The lowest BCUT2D eigenvalue weighted by Crippen LogP contribution is -2.21. The SMILES string of the molecule is CCCC[C@H](C)C[C@@H](O)/C=C/[C@H]1[C@@H](CCCCCCC(=O)O)[C@@H](O)C[C@H]1O. The number of rotatable bonds is 14. The van der Waals surface area contributed by atoms with Crippen LogP contribution < -0.4 is 0 Å². The van der Waals surface area contributed by atoms with Crippen LogP contribution in [0.15, 0.2) is 12.2 Å². The van der Waals surface area contributed by atoms with Gasteiger partial charge in [0.15, 0.2) is 0 Å². The van der Waals surface area contributed by atoms with Crippen molar-refractivity contribution in [3.63, 3.8) is 0 Å². The first kappa shape index (κ1) is 24.1. The second-order valence-electron chi connectivity index (χ2n) is 8.39. The van der Waals surface area contributed by atoms with E-state index >= 15 is 0 Å². The smallest absolute Gasteiger partial charge is 0.303 e. The van der Waals surface area contributed by atoms with E-state index in [1.54, 1.807) is 6.08 Å². The fourth-order valence-corrected chi connectivity index (χ4v) is 4.20. The lowest BCUT2D eigenvalue weighted by Gasteiger charge is -2.21. The van der Waals surface area contributed by atoms with Gasteiger partial charge in [-0.3, -0.25) is 4.79 Å². The van der Waals surface area contributed by atoms with E-state index in [1.807, 2.05) is 6.08 Å². The molecule has 0 saturated heterocycles. The molecular weight excluding hydrogens is 344 g/mol. The van der Waals surface area contributed by atoms with Crippen LogP contribution >= 0.6 is 0 Å². The molecule has 5 nitrogen and oxygen atoms in total. The number of carboxylic acid groups (broad SMARTS) is 1. The van der Waals surface area contributed by atoms with Gasteiger partial charge in [-0.05, 0) is 31.1 Å². The standard InChI is InChI=1S/C22H40O5/c1-3-4-9-16(2)14-17(23)12-13-19-18(20(24)15-21(19)25)10-7-5-6-8-11-22(26)27/h12-13,16-21,23-25H,3-11,14-15H2,1-2H3,(H,26,27)/b13-12+/t16-,17-,18+,19-,20-,21+/m0/s1. The predicted molar refractivity (Wildman–Crippen MR) is 107 cm³/mol. The Bertz CT molecular complexity index is 436. The van der Waals surface area contributed by atoms with Crippen LogP contribution in [0.1, 0.15) is 84.5 Å². The molecule has 0 bridgehead atoms. The average molecular weight is 385 g/mol. The van der Waals surface area contributed by atoms with Crippen LogP contribution in [0.4, 0.5) is 0 Å². The minimum atomic E-state index is -0.753. The summed E-state index contributed by atoms with van der Waals surface area (Å²) in [5.41, 5.74) is 0. The van der Waals surface area contributed by atoms with Gasteiger partial charge in [-0.2, -0.15) is 0 Å². The van der Waals surface area contributed by atoms with Crippen molar-refractivity contribution in [2.75, 3.05) is 0 Å². The van der Waals surface area contributed by atoms with Crippen LogP contribution in [-0.4, -0.2) is 44.7 Å². The van der Waals surface area contributed by atoms with E-state index in [1.165, 1.54) is 12.8 Å². The number of aliphatic hydroxyl groups excluding tert-OH is 3. The van der Waals surface area contributed by atoms with Gasteiger partial charge in [-0.25, -0.2) is 0 Å². The molecule has 5 heteroatoms. The molecule has 1 saturated carbocycles. The number of hydrogen-bond donors (Lipinski definition) is 4. The molecule has 4 N–H and O–H groups in total. The molecule has 0 unspecified atom stereocenters. The molecule has 27 heavy (non-hydrogen) atoms. The summed E-state index contributed by atoms with van der Waals surface area (Å²) in [5.74, 6) is -0.373. The number of aliphatic carboxylic acids is 1. The van der Waals surface area contributed by atoms with Crippen molar-refractivity contribution < 1.29 is 25.2 Å². The second-order valence-corrected chi connectivity index (χ2v) is 8.39. The highest BCUT2D eigenvalue weighted by Crippen LogP contribution is 2.37. The normalized spacial score (nSPS) is 27.9. The van der Waals surface area contributed by atoms with Crippen molar-refractivity contribution in [3.8, 4) is 0 Å². The first-order valence-corrected chi connectivity index (χ1v) is 10.8. The Morgan fingerprint density at radius 2 is 1.81 bits per heavy atom. The zero-order valence-corrected chi connectivity index (χ0v) is 17.1. The Labute approximate surface area is 164 Å². The molecule has 6 atom stereocenters. The summed E-state index contributed by atoms with van der Waals surface area (Å²) in [6.45, 7) is 4.33. The van der Waals surface area contributed by atoms with Crippen molar-refractivity contribution in [3.05, 3.63) is 12.2 Å². The van der Waals surface area contributed by atoms with E-state index in [0.29, 0.717) is 18.8 Å². The van der Waals surface area contributed by atoms with Gasteiger partial charge in [0, 0.05) is 18.8 Å². The summed E-state index contributed by atoms with van der Waals surface area (Å²) in [6, 6.07) is 0. The zero-order chi connectivity index (χ0) is 20.2. The van der Waals surface area contributed by atoms with Crippen molar-refractivity contribution in [1.82, 2.24) is 0 Å². The minimum Gasteiger partial charge on any atom is -0.481 e. The summed E-state index contributed by atoms with van der Waals surface area (Å²) in [7, 11) is 0. The van der Waals surface area contributed by atoms with Crippen LogP contribution in [-0.2, 0) is 4.79 Å². The molecule has 0 aliphatic heterocycles. The molecule has 1 aliphatic rings. The Balaban J connectivity index is 2.42. The molecule has 0 aromatic carbocycles. The molecule has 0 amide bonds. The molecule has 0 spiro atoms. The first-order valence-electron chi connectivity index (χ1n) is 10.8. The van der Waals surface area contributed by atoms with E-state index in [9.17, 15) is 20.1 Å². The lowest BCUT2D eigenvalue weighted by molar-refractivity contribution is -0.137. The number of hydrogen-bond acceptors (Lipinski definition) is 4. The maximum absolute atomic E-state index is 10.5. The Morgan fingerprint density at radius 3 is 2.48 bits per heavy atom. The molecule has 0 heterocycles. The van der Waals surface area contributed by atoms with E-state index < -0.39 is 24.3 Å². The molecule has 1 rings (SSSR count). The highest BCUT2D eigenvalue weighted by Gasteiger charge is 2.39. The quantitative estimate of drug-likeness (QED) is 0.269. The Hall–Kier alpha value is -0.910. The molecule has 0 aromatic rings. The van der Waals surface area contributed by atoms with Crippen molar-refractivity contribution in [1.29, 1.82) is 0 Å². The molecule has 1 fully saturated rings. The molecule has 0 radical (unpaired) electrons. The van der Waals surface area contributed by atoms with Crippen molar-refractivity contribution >= 4 is 5.97 Å². The van der Waals surface area contributed by atoms with Gasteiger partial charge in [0.05, 0.1) is 18.3 Å². The maximum atomic E-state index is 10.5. The minimum absolute atomic E-state index is 0.0143. The summed E-state index contributed by atoms with van der Waals surface area (Å²) < 4.78 is 0. The lowest BCUT2D eigenvalue weighted by atomic mass is 9.87. The van der Waals surface area contributed by atoms with E-state index in [4.69, 9.17) is 5.11 Å². The van der Waals surface area contributed by atoms with E-state index in [2.05, 4.69) is 13.8 Å². The zero-order valence-electron chi connectivity index (χ0n) is 17.1. The molecule has 1 aliphatic carbocycles. The monoisotopic (exact) mass is 384 g/mol. The van der Waals surface area contributed by atoms with Crippen LogP contribution in [0.5, 0.6) is 0 Å². The first-order chi connectivity index (χ1) is 12.8. The number of carboxylic acids is 1. The molecule has 158 valence electrons. The van der Waals surface area contributed by atoms with Crippen LogP contribution in [0, 0.1) is 17.8 Å². The molecular formula is C22H40O5. The largest absolute Gasteiger partial charge is 0.481 e. The Morgan fingerprint density at radius 1 is 1.11 bits per heavy atom. The highest BCUT2D eigenvalue weighted by atomic mass is 16.4. The van der Waals surface area contributed by atoms with Gasteiger partial charge in [0.25, 0.3) is 0 Å². The van der Waals surface area contributed by atoms with Gasteiger partial charge >= 0.3 is 5.97 Å². The van der Waals surface area contributed by atoms with Crippen molar-refractivity contribution in [2.24, 2.45) is 17.8 Å². The summed E-state index contributed by atoms with van der Waals surface area (Å²) in [4.78, 5) is 10.5. The summed E-state index contributed by atoms with van der Waals surface area (Å²) in [6.07, 6.45) is 11.2. The predicted octanol–water partition coefficient (Wildman–Crippen LogP) is 3.90. The maximum Gasteiger partial charge on any atom is 0.303 e. The van der Waals surface area contributed by atoms with Gasteiger partial charge in [-0.15, -0.1) is 0 Å². The number of unbranched alkanes of at least 4 members (excludes halogenated alkanes) is 4. The van der Waals surface area contributed by atoms with Crippen LogP contribution in [0.25, 0.3) is 0 Å². The highest BCUT2D eigenvalue weighted by molar-refractivity contribution is 5.66. The number of carbonyl (C=O) groups is 1. The molecule has 0 aromatic heterocycles. The number of aliphatic hydroxyl groups is 3. The fourth-order valence-electron chi connectivity index (χ4n) is 4.20. The van der Waals surface area contributed by atoms with Gasteiger partial charge in [-0.1, -0.05) is 64.5 Å². The summed E-state index contributed by atoms with van der Waals surface area (Å²) >= 11 is 0. The van der Waals surface area contributed by atoms with E-state index in [0.717, 1.165) is 38.5 Å². The van der Waals surface area contributed by atoms with Gasteiger partial charge in [0.1, 0.15) is 0 Å². The van der Waals surface area contributed by atoms with Crippen LogP contribution in [0.3, 0.4) is 0 Å². The van der Waals surface area contributed by atoms with E-state index in [-0.39, 0.29) is 18.3 Å². The average Bonchev–Trinajstić information content (AvgIpc) is 2.87. The topological polar surface area (TPSA) is 98.0 Å². The van der Waals surface area contributed by atoms with Crippen molar-refractivity contribution in [2.45, 2.75) is 103 Å². The third kappa shape index (κ3) is 9.72. The van der Waals surface area contributed by atoms with Gasteiger partial charge < -0.3 is 20.4 Å². The van der Waals surface area contributed by atoms with Crippen LogP contribution in [0.2, 0.25) is 0 Å². The third-order valence-corrected chi connectivity index (χ3v) is 5.84. The fraction of sp³-hybridized carbons (Fsp3) is 0.864. The van der Waals surface area contributed by atoms with Gasteiger partial charge in [0.2, 0.25) is 0 Å².